The molecule has 0 amide bonds. The van der Waals surface area contributed by atoms with Crippen LogP contribution in [0, 0.1) is 10.1 Å². The highest BCUT2D eigenvalue weighted by atomic mass is 16.6. The van der Waals surface area contributed by atoms with Crippen LogP contribution in [0.5, 0.6) is 0 Å². The summed E-state index contributed by atoms with van der Waals surface area (Å²) in [6.07, 6.45) is 0.967. The first-order valence-electron chi connectivity index (χ1n) is 5.20. The smallest absolute Gasteiger partial charge is 0.342 e. The number of pyridine rings is 1. The van der Waals surface area contributed by atoms with E-state index in [2.05, 4.69) is 10.3 Å². The summed E-state index contributed by atoms with van der Waals surface area (Å²) in [6.45, 7) is 1.30. The molecule has 0 fully saturated rings. The van der Waals surface area contributed by atoms with Crippen molar-refractivity contribution in [2.24, 2.45) is 0 Å². The molecule has 0 atom stereocenters. The van der Waals surface area contributed by atoms with Crippen molar-refractivity contribution in [2.45, 2.75) is 0 Å². The number of likely N-dealkylation sites (N-methyl/N-ethyl adjacent to an activating group) is 2. The molecule has 1 rings (SSSR count). The van der Waals surface area contributed by atoms with E-state index in [9.17, 15) is 14.9 Å². The summed E-state index contributed by atoms with van der Waals surface area (Å²) in [5, 5.41) is 22.5. The molecular weight excluding hydrogens is 240 g/mol. The van der Waals surface area contributed by atoms with Gasteiger partial charge in [0.2, 0.25) is 0 Å². The van der Waals surface area contributed by atoms with Crippen LogP contribution < -0.4 is 10.2 Å². The number of aromatic nitrogens is 1. The van der Waals surface area contributed by atoms with Gasteiger partial charge >= 0.3 is 11.7 Å². The van der Waals surface area contributed by atoms with E-state index in [1.165, 1.54) is 6.07 Å². The zero-order valence-corrected chi connectivity index (χ0v) is 10.1. The minimum atomic E-state index is -1.34. The monoisotopic (exact) mass is 254 g/mol. The summed E-state index contributed by atoms with van der Waals surface area (Å²) in [6, 6.07) is 1.20. The minimum absolute atomic E-state index is 0.360. The number of nitrogens with zero attached hydrogens (tertiary/aromatic N) is 3. The van der Waals surface area contributed by atoms with Crippen LogP contribution in [0.4, 0.5) is 11.5 Å². The lowest BCUT2D eigenvalue weighted by atomic mass is 10.2. The number of carboxylic acids is 1. The third kappa shape index (κ3) is 3.14. The molecule has 0 radical (unpaired) electrons. The number of aromatic carboxylic acids is 1. The SMILES string of the molecule is CNCCN(C)c1cc(C(=O)O)c([N+](=O)[O-])cn1. The third-order valence-corrected chi connectivity index (χ3v) is 2.38. The molecular formula is C10H14N4O4. The van der Waals surface area contributed by atoms with Crippen LogP contribution in [0.25, 0.3) is 0 Å². The number of hydrogen-bond acceptors (Lipinski definition) is 6. The van der Waals surface area contributed by atoms with Crippen molar-refractivity contribution in [3.8, 4) is 0 Å². The van der Waals surface area contributed by atoms with E-state index in [0.29, 0.717) is 18.9 Å². The third-order valence-electron chi connectivity index (χ3n) is 2.38. The molecule has 98 valence electrons. The fourth-order valence-corrected chi connectivity index (χ4v) is 1.36. The summed E-state index contributed by atoms with van der Waals surface area (Å²) in [5.74, 6) is -0.958. The van der Waals surface area contributed by atoms with Crippen molar-refractivity contribution in [1.29, 1.82) is 0 Å². The largest absolute Gasteiger partial charge is 0.477 e. The highest BCUT2D eigenvalue weighted by Crippen LogP contribution is 2.21. The van der Waals surface area contributed by atoms with Gasteiger partial charge in [-0.3, -0.25) is 10.1 Å². The lowest BCUT2D eigenvalue weighted by molar-refractivity contribution is -0.385. The maximum Gasteiger partial charge on any atom is 0.342 e. The second-order valence-electron chi connectivity index (χ2n) is 3.65. The summed E-state index contributed by atoms with van der Waals surface area (Å²) >= 11 is 0. The van der Waals surface area contributed by atoms with Crippen LogP contribution in [0.15, 0.2) is 12.3 Å². The number of anilines is 1. The topological polar surface area (TPSA) is 109 Å². The Balaban J connectivity index is 3.07. The molecule has 0 aliphatic heterocycles. The Morgan fingerprint density at radius 1 is 1.67 bits per heavy atom. The number of carbonyl (C=O) groups is 1. The summed E-state index contributed by atoms with van der Waals surface area (Å²) in [5.41, 5.74) is -0.866. The highest BCUT2D eigenvalue weighted by Gasteiger charge is 2.21. The van der Waals surface area contributed by atoms with Crippen molar-refractivity contribution in [3.63, 3.8) is 0 Å². The van der Waals surface area contributed by atoms with Crippen LogP contribution in [-0.2, 0) is 0 Å². The first kappa shape index (κ1) is 13.8. The molecule has 0 saturated heterocycles. The van der Waals surface area contributed by atoms with Gasteiger partial charge in [-0.2, -0.15) is 0 Å². The van der Waals surface area contributed by atoms with Crippen LogP contribution in [0.3, 0.4) is 0 Å². The van der Waals surface area contributed by atoms with Gasteiger partial charge in [0, 0.05) is 26.2 Å². The van der Waals surface area contributed by atoms with Crippen molar-refractivity contribution in [3.05, 3.63) is 27.9 Å². The average Bonchev–Trinajstić information content (AvgIpc) is 2.34. The fraction of sp³-hybridized carbons (Fsp3) is 0.400. The van der Waals surface area contributed by atoms with Gasteiger partial charge in [0.05, 0.1) is 4.92 Å². The van der Waals surface area contributed by atoms with Crippen molar-refractivity contribution in [2.75, 3.05) is 32.1 Å². The van der Waals surface area contributed by atoms with Crippen molar-refractivity contribution < 1.29 is 14.8 Å². The zero-order chi connectivity index (χ0) is 13.7. The van der Waals surface area contributed by atoms with Gasteiger partial charge in [0.15, 0.2) is 0 Å². The predicted octanol–water partition coefficient (Wildman–Crippen LogP) is 0.344. The number of hydrogen-bond donors (Lipinski definition) is 2. The van der Waals surface area contributed by atoms with E-state index in [4.69, 9.17) is 5.11 Å². The van der Waals surface area contributed by atoms with Gasteiger partial charge in [-0.25, -0.2) is 9.78 Å². The fourth-order valence-electron chi connectivity index (χ4n) is 1.36. The molecule has 0 spiro atoms. The van der Waals surface area contributed by atoms with Crippen LogP contribution in [-0.4, -0.2) is 48.2 Å². The van der Waals surface area contributed by atoms with Crippen molar-refractivity contribution >= 4 is 17.5 Å². The van der Waals surface area contributed by atoms with Gasteiger partial charge in [-0.05, 0) is 7.05 Å². The van der Waals surface area contributed by atoms with E-state index >= 15 is 0 Å². The lowest BCUT2D eigenvalue weighted by Crippen LogP contribution is -2.28. The Morgan fingerprint density at radius 3 is 2.83 bits per heavy atom. The van der Waals surface area contributed by atoms with E-state index in [-0.39, 0.29) is 5.56 Å². The molecule has 1 aromatic heterocycles. The first-order valence-corrected chi connectivity index (χ1v) is 5.20. The van der Waals surface area contributed by atoms with Gasteiger partial charge in [-0.1, -0.05) is 0 Å². The second-order valence-corrected chi connectivity index (χ2v) is 3.65. The molecule has 0 bridgehead atoms. The molecule has 0 aliphatic rings. The molecule has 0 aliphatic carbocycles. The van der Waals surface area contributed by atoms with E-state index < -0.39 is 16.6 Å². The van der Waals surface area contributed by atoms with Crippen LogP contribution in [0.1, 0.15) is 10.4 Å². The molecule has 8 nitrogen and oxygen atoms in total. The van der Waals surface area contributed by atoms with E-state index in [0.717, 1.165) is 6.20 Å². The Kier molecular flexibility index (Phi) is 4.55. The lowest BCUT2D eigenvalue weighted by Gasteiger charge is -2.17. The molecule has 0 unspecified atom stereocenters. The zero-order valence-electron chi connectivity index (χ0n) is 10.1. The number of nitrogens with one attached hydrogen (secondary N) is 1. The second kappa shape index (κ2) is 5.92. The van der Waals surface area contributed by atoms with Crippen molar-refractivity contribution in [1.82, 2.24) is 10.3 Å². The normalized spacial score (nSPS) is 10.1. The quantitative estimate of drug-likeness (QED) is 0.556. The average molecular weight is 254 g/mol. The predicted molar refractivity (Wildman–Crippen MR) is 65.0 cm³/mol. The van der Waals surface area contributed by atoms with Gasteiger partial charge in [-0.15, -0.1) is 0 Å². The molecule has 0 aromatic carbocycles. The Morgan fingerprint density at radius 2 is 2.33 bits per heavy atom. The molecule has 0 saturated carbocycles. The Bertz CT molecular complexity index is 463. The molecule has 18 heavy (non-hydrogen) atoms. The maximum atomic E-state index is 11.0. The van der Waals surface area contributed by atoms with Gasteiger partial charge < -0.3 is 15.3 Å². The Labute approximate surface area is 103 Å². The summed E-state index contributed by atoms with van der Waals surface area (Å²) in [7, 11) is 3.52. The van der Waals surface area contributed by atoms with Crippen LogP contribution in [0.2, 0.25) is 0 Å². The molecule has 1 aromatic rings. The van der Waals surface area contributed by atoms with Crippen LogP contribution >= 0.6 is 0 Å². The first-order chi connectivity index (χ1) is 8.47. The van der Waals surface area contributed by atoms with E-state index in [1.54, 1.807) is 19.0 Å². The number of rotatable bonds is 6. The van der Waals surface area contributed by atoms with Gasteiger partial charge in [0.25, 0.3) is 0 Å². The van der Waals surface area contributed by atoms with Gasteiger partial charge in [0.1, 0.15) is 17.6 Å². The molecule has 2 N–H and O–H groups in total. The highest BCUT2D eigenvalue weighted by molar-refractivity contribution is 5.93. The standard InChI is InChI=1S/C10H14N4O4/c1-11-3-4-13(2)9-5-7(10(15)16)8(6-12-9)14(17)18/h5-6,11H,3-4H2,1-2H3,(H,15,16). The summed E-state index contributed by atoms with van der Waals surface area (Å²) in [4.78, 5) is 26.5. The van der Waals surface area contributed by atoms with E-state index in [1.807, 2.05) is 0 Å². The summed E-state index contributed by atoms with van der Waals surface area (Å²) < 4.78 is 0. The minimum Gasteiger partial charge on any atom is -0.477 e. The number of nitro groups is 1. The molecule has 1 heterocycles. The molecule has 8 heteroatoms. The maximum absolute atomic E-state index is 11.0. The Hall–Kier alpha value is -2.22. The number of carboxylic acid groups (broad SMARTS) is 1.